The number of ketones is 1. The smallest absolute Gasteiger partial charge is 0.305 e. The number of rotatable bonds is 5. The summed E-state index contributed by atoms with van der Waals surface area (Å²) in [6, 6.07) is 0. The number of carbonyl (C=O) groups is 3. The molecule has 0 radical (unpaired) electrons. The third kappa shape index (κ3) is 3.54. The zero-order valence-electron chi connectivity index (χ0n) is 20.4. The minimum absolute atomic E-state index is 0.00395. The Bertz CT molecular complexity index is 815. The Morgan fingerprint density at radius 1 is 1.03 bits per heavy atom. The topological polar surface area (TPSA) is 69.7 Å². The molecular formula is C27H40O5. The van der Waals surface area contributed by atoms with Gasteiger partial charge in [0.1, 0.15) is 12.7 Å². The van der Waals surface area contributed by atoms with E-state index in [0.29, 0.717) is 49.5 Å². The van der Waals surface area contributed by atoms with Gasteiger partial charge in [-0.3, -0.25) is 14.4 Å². The molecule has 0 aromatic heterocycles. The number of ether oxygens (including phenoxy) is 2. The first-order valence-corrected chi connectivity index (χ1v) is 12.8. The molecule has 3 saturated carbocycles. The molecule has 0 N–H and O–H groups in total. The van der Waals surface area contributed by atoms with E-state index in [4.69, 9.17) is 9.47 Å². The molecule has 0 amide bonds. The van der Waals surface area contributed by atoms with Gasteiger partial charge in [-0.1, -0.05) is 40.2 Å². The maximum Gasteiger partial charge on any atom is 0.305 e. The van der Waals surface area contributed by atoms with Gasteiger partial charge in [0.15, 0.2) is 5.78 Å². The van der Waals surface area contributed by atoms with E-state index in [-0.39, 0.29) is 40.6 Å². The lowest BCUT2D eigenvalue weighted by atomic mass is 9.43. The Hall–Kier alpha value is -1.65. The van der Waals surface area contributed by atoms with Crippen molar-refractivity contribution < 1.29 is 23.9 Å². The molecule has 0 aliphatic heterocycles. The average molecular weight is 445 g/mol. The maximum atomic E-state index is 12.5. The predicted molar refractivity (Wildman–Crippen MR) is 122 cm³/mol. The monoisotopic (exact) mass is 444 g/mol. The molecule has 4 rings (SSSR count). The van der Waals surface area contributed by atoms with Crippen LogP contribution in [0.4, 0.5) is 0 Å². The van der Waals surface area contributed by atoms with Crippen LogP contribution in [0.5, 0.6) is 0 Å². The molecule has 4 aliphatic rings. The zero-order valence-corrected chi connectivity index (χ0v) is 20.4. The fourth-order valence-corrected chi connectivity index (χ4v) is 8.14. The van der Waals surface area contributed by atoms with Crippen molar-refractivity contribution in [1.29, 1.82) is 0 Å². The van der Waals surface area contributed by atoms with Crippen molar-refractivity contribution in [2.75, 3.05) is 6.61 Å². The minimum Gasteiger partial charge on any atom is -0.465 e. The second kappa shape index (κ2) is 8.61. The van der Waals surface area contributed by atoms with E-state index in [0.717, 1.165) is 32.1 Å². The predicted octanol–water partition coefficient (Wildman–Crippen LogP) is 5.27. The molecule has 0 heterocycles. The molecule has 0 unspecified atom stereocenters. The SMILES string of the molecule is CCC(=O)OC[C@@]12C(=CC(=O)C[C@@H]1C)C[C@@H](C)[C@H]1[C@@H]3CC[C@@H](OC(=O)CC)[C@@]3(C)CC[C@@H]12. The first-order valence-electron chi connectivity index (χ1n) is 12.8. The van der Waals surface area contributed by atoms with E-state index in [9.17, 15) is 14.4 Å². The minimum atomic E-state index is -0.241. The highest BCUT2D eigenvalue weighted by atomic mass is 16.5. The Morgan fingerprint density at radius 3 is 2.44 bits per heavy atom. The standard InChI is InChI=1S/C27H40O5/c1-6-23(29)31-15-27-17(4)13-19(28)14-18(27)12-16(3)25-20-8-9-22(32-24(30)7-2)26(20,5)11-10-21(25)27/h14,16-17,20-22,25H,6-13,15H2,1-5H3/t16-,17+,20+,21+,22-,25+,26+,27+/m1/s1. The third-order valence-electron chi connectivity index (χ3n) is 9.75. The number of esters is 2. The van der Waals surface area contributed by atoms with Crippen LogP contribution in [0.1, 0.15) is 86.0 Å². The van der Waals surface area contributed by atoms with Crippen molar-refractivity contribution in [3.63, 3.8) is 0 Å². The van der Waals surface area contributed by atoms with Crippen LogP contribution in [0, 0.1) is 40.4 Å². The Labute approximate surface area is 192 Å². The van der Waals surface area contributed by atoms with Crippen LogP contribution in [-0.4, -0.2) is 30.4 Å². The number of hydrogen-bond acceptors (Lipinski definition) is 5. The average Bonchev–Trinajstić information content (AvgIpc) is 3.08. The molecule has 4 aliphatic carbocycles. The van der Waals surface area contributed by atoms with Crippen molar-refractivity contribution in [2.45, 2.75) is 92.1 Å². The summed E-state index contributed by atoms with van der Waals surface area (Å²) in [5, 5.41) is 0. The van der Waals surface area contributed by atoms with Gasteiger partial charge < -0.3 is 9.47 Å². The molecule has 3 fully saturated rings. The molecule has 0 aromatic carbocycles. The number of carbonyl (C=O) groups excluding carboxylic acids is 3. The van der Waals surface area contributed by atoms with Crippen LogP contribution in [0.15, 0.2) is 11.6 Å². The summed E-state index contributed by atoms with van der Waals surface area (Å²) in [4.78, 5) is 36.8. The first kappa shape index (κ1) is 23.5. The summed E-state index contributed by atoms with van der Waals surface area (Å²) in [6.07, 6.45) is 8.19. The normalized spacial score (nSPS) is 42.9. The van der Waals surface area contributed by atoms with E-state index in [1.54, 1.807) is 0 Å². The molecule has 0 saturated heterocycles. The summed E-state index contributed by atoms with van der Waals surface area (Å²) >= 11 is 0. The molecule has 0 bridgehead atoms. The molecular weight excluding hydrogens is 404 g/mol. The van der Waals surface area contributed by atoms with Gasteiger partial charge in [-0.25, -0.2) is 0 Å². The Kier molecular flexibility index (Phi) is 6.32. The summed E-state index contributed by atoms with van der Waals surface area (Å²) in [7, 11) is 0. The van der Waals surface area contributed by atoms with Crippen LogP contribution in [0.3, 0.4) is 0 Å². The van der Waals surface area contributed by atoms with Gasteiger partial charge >= 0.3 is 11.9 Å². The van der Waals surface area contributed by atoms with E-state index in [1.807, 2.05) is 19.9 Å². The van der Waals surface area contributed by atoms with Crippen molar-refractivity contribution in [3.8, 4) is 0 Å². The largest absolute Gasteiger partial charge is 0.465 e. The van der Waals surface area contributed by atoms with Gasteiger partial charge in [-0.2, -0.15) is 0 Å². The summed E-state index contributed by atoms with van der Waals surface area (Å²) in [5.74, 6) is 1.97. The van der Waals surface area contributed by atoms with Crippen molar-refractivity contribution in [3.05, 3.63) is 11.6 Å². The molecule has 0 spiro atoms. The van der Waals surface area contributed by atoms with E-state index in [1.165, 1.54) is 5.57 Å². The fourth-order valence-electron chi connectivity index (χ4n) is 8.14. The van der Waals surface area contributed by atoms with Crippen LogP contribution in [0.2, 0.25) is 0 Å². The van der Waals surface area contributed by atoms with Gasteiger partial charge in [0, 0.05) is 30.1 Å². The lowest BCUT2D eigenvalue weighted by molar-refractivity contribution is -0.168. The molecule has 32 heavy (non-hydrogen) atoms. The maximum absolute atomic E-state index is 12.5. The zero-order chi connectivity index (χ0) is 23.3. The molecule has 5 nitrogen and oxygen atoms in total. The number of hydrogen-bond donors (Lipinski definition) is 0. The highest BCUT2D eigenvalue weighted by Crippen LogP contribution is 2.68. The summed E-state index contributed by atoms with van der Waals surface area (Å²) < 4.78 is 11.8. The van der Waals surface area contributed by atoms with E-state index < -0.39 is 0 Å². The van der Waals surface area contributed by atoms with Gasteiger partial charge in [0.2, 0.25) is 0 Å². The van der Waals surface area contributed by atoms with Crippen LogP contribution >= 0.6 is 0 Å². The number of fused-ring (bicyclic) bond motifs is 5. The second-order valence-corrected chi connectivity index (χ2v) is 11.2. The van der Waals surface area contributed by atoms with E-state index >= 15 is 0 Å². The molecule has 8 atom stereocenters. The van der Waals surface area contributed by atoms with Crippen LogP contribution in [0.25, 0.3) is 0 Å². The van der Waals surface area contributed by atoms with Crippen molar-refractivity contribution in [1.82, 2.24) is 0 Å². The van der Waals surface area contributed by atoms with Gasteiger partial charge in [-0.05, 0) is 67.8 Å². The van der Waals surface area contributed by atoms with Crippen LogP contribution in [-0.2, 0) is 23.9 Å². The molecule has 5 heteroatoms. The van der Waals surface area contributed by atoms with Crippen molar-refractivity contribution >= 4 is 17.7 Å². The van der Waals surface area contributed by atoms with Gasteiger partial charge in [0.05, 0.1) is 0 Å². The molecule has 0 aromatic rings. The Morgan fingerprint density at radius 2 is 1.75 bits per heavy atom. The fraction of sp³-hybridized carbons (Fsp3) is 0.815. The van der Waals surface area contributed by atoms with Gasteiger partial charge in [-0.15, -0.1) is 0 Å². The quantitative estimate of drug-likeness (QED) is 0.541. The molecule has 178 valence electrons. The second-order valence-electron chi connectivity index (χ2n) is 11.2. The lowest BCUT2D eigenvalue weighted by Gasteiger charge is -2.62. The first-order chi connectivity index (χ1) is 15.2. The Balaban J connectivity index is 1.70. The third-order valence-corrected chi connectivity index (χ3v) is 9.75. The highest BCUT2D eigenvalue weighted by molar-refractivity contribution is 5.92. The van der Waals surface area contributed by atoms with Gasteiger partial charge in [0.25, 0.3) is 0 Å². The summed E-state index contributed by atoms with van der Waals surface area (Å²) in [5.41, 5.74) is 0.987. The van der Waals surface area contributed by atoms with E-state index in [2.05, 4.69) is 20.8 Å². The summed E-state index contributed by atoms with van der Waals surface area (Å²) in [6.45, 7) is 10.9. The lowest BCUT2D eigenvalue weighted by Crippen LogP contribution is -2.58. The van der Waals surface area contributed by atoms with Crippen molar-refractivity contribution in [2.24, 2.45) is 40.4 Å². The highest BCUT2D eigenvalue weighted by Gasteiger charge is 2.64. The van der Waals surface area contributed by atoms with Crippen LogP contribution < -0.4 is 0 Å².